The third-order valence-electron chi connectivity index (χ3n) is 3.00. The fourth-order valence-electron chi connectivity index (χ4n) is 2.11. The van der Waals surface area contributed by atoms with E-state index in [9.17, 15) is 0 Å². The van der Waals surface area contributed by atoms with Crippen molar-refractivity contribution in [3.63, 3.8) is 0 Å². The number of halogens is 3. The summed E-state index contributed by atoms with van der Waals surface area (Å²) in [5.74, 6) is 0.217. The van der Waals surface area contributed by atoms with E-state index in [2.05, 4.69) is 21.1 Å². The van der Waals surface area contributed by atoms with Crippen molar-refractivity contribution in [1.29, 1.82) is 0 Å². The Hall–Kier alpha value is -1.49. The summed E-state index contributed by atoms with van der Waals surface area (Å²) in [5.41, 5.74) is 8.75. The Kier molecular flexibility index (Phi) is 3.93. The lowest BCUT2D eigenvalue weighted by atomic mass is 10.0. The zero-order valence-electron chi connectivity index (χ0n) is 10.6. The van der Waals surface area contributed by atoms with Crippen molar-refractivity contribution in [1.82, 2.24) is 5.16 Å². The van der Waals surface area contributed by atoms with Crippen LogP contribution in [0, 0.1) is 0 Å². The Morgan fingerprint density at radius 3 is 2.57 bits per heavy atom. The summed E-state index contributed by atoms with van der Waals surface area (Å²) in [5, 5.41) is 5.21. The van der Waals surface area contributed by atoms with Gasteiger partial charge in [-0.3, -0.25) is 0 Å². The molecular weight excluding hydrogens is 375 g/mol. The van der Waals surface area contributed by atoms with Crippen LogP contribution in [-0.4, -0.2) is 5.16 Å². The molecule has 1 aromatic heterocycles. The van der Waals surface area contributed by atoms with Crippen molar-refractivity contribution in [3.8, 4) is 22.4 Å². The first-order chi connectivity index (χ1) is 10.1. The minimum Gasteiger partial charge on any atom is -0.367 e. The second-order valence-electron chi connectivity index (χ2n) is 4.41. The number of hydrogen-bond acceptors (Lipinski definition) is 3. The van der Waals surface area contributed by atoms with E-state index in [1.54, 1.807) is 18.2 Å². The molecule has 0 aliphatic carbocycles. The summed E-state index contributed by atoms with van der Waals surface area (Å²) >= 11 is 15.8. The molecule has 0 bridgehead atoms. The summed E-state index contributed by atoms with van der Waals surface area (Å²) in [4.78, 5) is 0. The standard InChI is InChI=1S/C15H9BrCl2N2O/c16-9-5-8(6-10(17)7-9)14-13(15(19)21-20-14)11-3-1-2-4-12(11)18/h1-7H,19H2. The lowest BCUT2D eigenvalue weighted by Gasteiger charge is -2.06. The molecule has 0 fully saturated rings. The highest BCUT2D eigenvalue weighted by Gasteiger charge is 2.19. The van der Waals surface area contributed by atoms with Gasteiger partial charge in [0, 0.05) is 25.6 Å². The van der Waals surface area contributed by atoms with Gasteiger partial charge < -0.3 is 10.3 Å². The van der Waals surface area contributed by atoms with Gasteiger partial charge in [0.25, 0.3) is 0 Å². The van der Waals surface area contributed by atoms with Crippen LogP contribution < -0.4 is 5.73 Å². The zero-order valence-corrected chi connectivity index (χ0v) is 13.7. The monoisotopic (exact) mass is 382 g/mol. The minimum absolute atomic E-state index is 0.217. The van der Waals surface area contributed by atoms with Crippen LogP contribution in [0.15, 0.2) is 51.5 Å². The first-order valence-corrected chi connectivity index (χ1v) is 7.57. The Morgan fingerprint density at radius 2 is 1.86 bits per heavy atom. The van der Waals surface area contributed by atoms with Gasteiger partial charge in [-0.05, 0) is 24.3 Å². The molecule has 6 heteroatoms. The molecule has 0 saturated carbocycles. The average Bonchev–Trinajstić information content (AvgIpc) is 2.80. The van der Waals surface area contributed by atoms with Crippen molar-refractivity contribution in [2.45, 2.75) is 0 Å². The van der Waals surface area contributed by atoms with Gasteiger partial charge in [0.1, 0.15) is 5.69 Å². The van der Waals surface area contributed by atoms with Gasteiger partial charge >= 0.3 is 0 Å². The number of nitrogen functional groups attached to an aromatic ring is 1. The highest BCUT2D eigenvalue weighted by molar-refractivity contribution is 9.10. The van der Waals surface area contributed by atoms with E-state index in [1.807, 2.05) is 24.3 Å². The molecule has 0 saturated heterocycles. The number of rotatable bonds is 2. The molecular formula is C15H9BrCl2N2O. The highest BCUT2D eigenvalue weighted by atomic mass is 79.9. The molecule has 106 valence electrons. The van der Waals surface area contributed by atoms with Gasteiger partial charge in [0.15, 0.2) is 0 Å². The molecule has 0 unspecified atom stereocenters. The lowest BCUT2D eigenvalue weighted by molar-refractivity contribution is 0.439. The van der Waals surface area contributed by atoms with E-state index in [-0.39, 0.29) is 5.88 Å². The lowest BCUT2D eigenvalue weighted by Crippen LogP contribution is -1.89. The summed E-state index contributed by atoms with van der Waals surface area (Å²) < 4.78 is 5.99. The maximum absolute atomic E-state index is 6.25. The molecule has 0 amide bonds. The SMILES string of the molecule is Nc1onc(-c2cc(Cl)cc(Br)c2)c1-c1ccccc1Cl. The van der Waals surface area contributed by atoms with Gasteiger partial charge in [-0.25, -0.2) is 0 Å². The third kappa shape index (κ3) is 2.79. The molecule has 3 rings (SSSR count). The minimum atomic E-state index is 0.217. The molecule has 0 spiro atoms. The van der Waals surface area contributed by atoms with Crippen LogP contribution in [0.2, 0.25) is 10.0 Å². The van der Waals surface area contributed by atoms with Crippen LogP contribution >= 0.6 is 39.1 Å². The van der Waals surface area contributed by atoms with Crippen molar-refractivity contribution < 1.29 is 4.52 Å². The van der Waals surface area contributed by atoms with Crippen LogP contribution in [-0.2, 0) is 0 Å². The molecule has 0 aliphatic heterocycles. The number of benzene rings is 2. The van der Waals surface area contributed by atoms with Crippen LogP contribution in [0.1, 0.15) is 0 Å². The van der Waals surface area contributed by atoms with Crippen LogP contribution in [0.25, 0.3) is 22.4 Å². The number of aromatic nitrogens is 1. The molecule has 0 radical (unpaired) electrons. The van der Waals surface area contributed by atoms with Crippen molar-refractivity contribution in [3.05, 3.63) is 57.0 Å². The molecule has 0 atom stereocenters. The van der Waals surface area contributed by atoms with E-state index >= 15 is 0 Å². The molecule has 1 heterocycles. The second kappa shape index (κ2) is 5.72. The van der Waals surface area contributed by atoms with Gasteiger partial charge in [0.05, 0.1) is 5.56 Å². The molecule has 3 aromatic rings. The Bertz CT molecular complexity index is 797. The Labute approximate surface area is 139 Å². The van der Waals surface area contributed by atoms with Gasteiger partial charge in [0.2, 0.25) is 5.88 Å². The van der Waals surface area contributed by atoms with Gasteiger partial charge in [-0.15, -0.1) is 0 Å². The highest BCUT2D eigenvalue weighted by Crippen LogP contribution is 2.40. The molecule has 3 nitrogen and oxygen atoms in total. The normalized spacial score (nSPS) is 10.8. The predicted octanol–water partition coefficient (Wildman–Crippen LogP) is 5.66. The second-order valence-corrected chi connectivity index (χ2v) is 6.17. The van der Waals surface area contributed by atoms with Gasteiger partial charge in [-0.1, -0.05) is 62.5 Å². The number of hydrogen-bond donors (Lipinski definition) is 1. The largest absolute Gasteiger partial charge is 0.367 e. The molecule has 21 heavy (non-hydrogen) atoms. The number of nitrogens with zero attached hydrogens (tertiary/aromatic N) is 1. The van der Waals surface area contributed by atoms with E-state index in [1.165, 1.54) is 0 Å². The Morgan fingerprint density at radius 1 is 1.10 bits per heavy atom. The number of anilines is 1. The van der Waals surface area contributed by atoms with E-state index in [4.69, 9.17) is 33.5 Å². The molecule has 2 aromatic carbocycles. The molecule has 2 N–H and O–H groups in total. The predicted molar refractivity (Wildman–Crippen MR) is 89.5 cm³/mol. The van der Waals surface area contributed by atoms with Crippen LogP contribution in [0.4, 0.5) is 5.88 Å². The third-order valence-corrected chi connectivity index (χ3v) is 4.00. The first-order valence-electron chi connectivity index (χ1n) is 6.03. The summed E-state index contributed by atoms with van der Waals surface area (Å²) in [6.07, 6.45) is 0. The maximum Gasteiger partial charge on any atom is 0.230 e. The zero-order chi connectivity index (χ0) is 15.0. The van der Waals surface area contributed by atoms with Crippen molar-refractivity contribution in [2.24, 2.45) is 0 Å². The topological polar surface area (TPSA) is 52.0 Å². The fourth-order valence-corrected chi connectivity index (χ4v) is 3.21. The fraction of sp³-hybridized carbons (Fsp3) is 0. The number of nitrogens with two attached hydrogens (primary N) is 1. The first kappa shape index (κ1) is 14.4. The van der Waals surface area contributed by atoms with Crippen molar-refractivity contribution in [2.75, 3.05) is 5.73 Å². The summed E-state index contributed by atoms with van der Waals surface area (Å²) in [6.45, 7) is 0. The quantitative estimate of drug-likeness (QED) is 0.621. The summed E-state index contributed by atoms with van der Waals surface area (Å²) in [6, 6.07) is 12.9. The van der Waals surface area contributed by atoms with Crippen LogP contribution in [0.3, 0.4) is 0 Å². The average molecular weight is 384 g/mol. The summed E-state index contributed by atoms with van der Waals surface area (Å²) in [7, 11) is 0. The van der Waals surface area contributed by atoms with Crippen molar-refractivity contribution >= 4 is 45.0 Å². The smallest absolute Gasteiger partial charge is 0.230 e. The van der Waals surface area contributed by atoms with Crippen LogP contribution in [0.5, 0.6) is 0 Å². The van der Waals surface area contributed by atoms with E-state index in [0.717, 1.165) is 15.6 Å². The Balaban J connectivity index is 2.24. The van der Waals surface area contributed by atoms with Gasteiger partial charge in [-0.2, -0.15) is 0 Å². The molecule has 0 aliphatic rings. The van der Waals surface area contributed by atoms with E-state index in [0.29, 0.717) is 21.3 Å². The van der Waals surface area contributed by atoms with E-state index < -0.39 is 0 Å². The maximum atomic E-state index is 6.25.